The van der Waals surface area contributed by atoms with Crippen LogP contribution in [0.5, 0.6) is 5.75 Å². The maximum Gasteiger partial charge on any atom is 0.248 e. The highest BCUT2D eigenvalue weighted by atomic mass is 35.5. The van der Waals surface area contributed by atoms with Gasteiger partial charge in [-0.05, 0) is 62.4 Å². The van der Waals surface area contributed by atoms with Crippen LogP contribution in [0, 0.1) is 0 Å². The largest absolute Gasteiger partial charge is 0.494 e. The third-order valence-electron chi connectivity index (χ3n) is 6.96. The number of unbranched alkanes of at least 4 members (excludes halogenated alkanes) is 1. The Kier molecular flexibility index (Phi) is 7.52. The number of anilines is 1. The summed E-state index contributed by atoms with van der Waals surface area (Å²) in [5.74, 6) is 0.795. The third kappa shape index (κ3) is 5.48. The molecule has 1 saturated heterocycles. The summed E-state index contributed by atoms with van der Waals surface area (Å²) in [6.07, 6.45) is 2.11. The predicted octanol–water partition coefficient (Wildman–Crippen LogP) is 5.74. The van der Waals surface area contributed by atoms with E-state index in [1.165, 1.54) is 0 Å². The zero-order chi connectivity index (χ0) is 23.4. The van der Waals surface area contributed by atoms with Crippen molar-refractivity contribution in [2.24, 2.45) is 0 Å². The van der Waals surface area contributed by atoms with E-state index in [0.29, 0.717) is 22.7 Å². The lowest BCUT2D eigenvalue weighted by atomic mass is 10.1. The van der Waals surface area contributed by atoms with Gasteiger partial charge in [0.1, 0.15) is 5.75 Å². The summed E-state index contributed by atoms with van der Waals surface area (Å²) in [4.78, 5) is 16.8. The van der Waals surface area contributed by atoms with Crippen molar-refractivity contribution in [2.45, 2.75) is 32.7 Å². The lowest BCUT2D eigenvalue weighted by Crippen LogP contribution is -2.63. The van der Waals surface area contributed by atoms with Gasteiger partial charge < -0.3 is 19.1 Å². The van der Waals surface area contributed by atoms with Crippen LogP contribution in [-0.4, -0.2) is 54.8 Å². The zero-order valence-corrected chi connectivity index (χ0v) is 20.8. The first-order valence-electron chi connectivity index (χ1n) is 11.7. The Morgan fingerprint density at radius 1 is 1.06 bits per heavy atom. The molecule has 2 aromatic carbocycles. The van der Waals surface area contributed by atoms with Gasteiger partial charge in [0.2, 0.25) is 5.56 Å². The van der Waals surface area contributed by atoms with E-state index in [-0.39, 0.29) is 5.56 Å². The fourth-order valence-corrected chi connectivity index (χ4v) is 5.19. The number of pyridine rings is 1. The van der Waals surface area contributed by atoms with Crippen LogP contribution in [0.3, 0.4) is 0 Å². The molecule has 0 radical (unpaired) electrons. The van der Waals surface area contributed by atoms with E-state index in [4.69, 9.17) is 27.9 Å². The van der Waals surface area contributed by atoms with Crippen LogP contribution in [0.1, 0.15) is 26.7 Å². The number of rotatable bonds is 8. The summed E-state index contributed by atoms with van der Waals surface area (Å²) in [7, 11) is 0. The number of nitrogens with zero attached hydrogens (tertiary/aromatic N) is 2. The lowest BCUT2D eigenvalue weighted by Gasteiger charge is -2.48. The molecule has 4 rings (SSSR count). The minimum absolute atomic E-state index is 0.0971. The molecule has 1 aliphatic heterocycles. The number of fused-ring (bicyclic) bond motifs is 1. The average Bonchev–Trinajstić information content (AvgIpc) is 2.81. The second kappa shape index (κ2) is 10.4. The smallest absolute Gasteiger partial charge is 0.248 e. The minimum Gasteiger partial charge on any atom is -0.494 e. The molecule has 0 saturated carbocycles. The fourth-order valence-electron chi connectivity index (χ4n) is 4.78. The molecule has 0 spiro atoms. The average molecular weight is 489 g/mol. The van der Waals surface area contributed by atoms with Gasteiger partial charge in [0.05, 0.1) is 66.6 Å². The van der Waals surface area contributed by atoms with E-state index in [1.807, 2.05) is 36.4 Å². The number of H-pyrrole nitrogens is 1. The van der Waals surface area contributed by atoms with E-state index in [1.54, 1.807) is 6.07 Å². The lowest BCUT2D eigenvalue weighted by molar-refractivity contribution is -0.948. The Hall–Kier alpha value is -2.21. The number of piperazine rings is 1. The Balaban J connectivity index is 1.28. The Bertz CT molecular complexity index is 1150. The molecule has 0 atom stereocenters. The van der Waals surface area contributed by atoms with Gasteiger partial charge in [0.15, 0.2) is 0 Å². The highest BCUT2D eigenvalue weighted by Gasteiger charge is 2.35. The maximum absolute atomic E-state index is 11.5. The van der Waals surface area contributed by atoms with Crippen LogP contribution in [0.25, 0.3) is 10.9 Å². The normalized spacial score (nSPS) is 15.8. The van der Waals surface area contributed by atoms with Crippen molar-refractivity contribution in [3.05, 3.63) is 68.9 Å². The monoisotopic (exact) mass is 488 g/mol. The van der Waals surface area contributed by atoms with Crippen LogP contribution in [-0.2, 0) is 0 Å². The molecule has 1 aromatic heterocycles. The molecular weight excluding hydrogens is 457 g/mol. The second-order valence-electron chi connectivity index (χ2n) is 9.17. The van der Waals surface area contributed by atoms with Crippen molar-refractivity contribution < 1.29 is 9.22 Å². The number of halogens is 2. The molecule has 1 fully saturated rings. The summed E-state index contributed by atoms with van der Waals surface area (Å²) >= 11 is 12.7. The van der Waals surface area contributed by atoms with Crippen LogP contribution in [0.2, 0.25) is 10.0 Å². The molecule has 7 heteroatoms. The topological polar surface area (TPSA) is 45.3 Å². The van der Waals surface area contributed by atoms with Gasteiger partial charge in [-0.15, -0.1) is 0 Å². The number of benzene rings is 2. The summed E-state index contributed by atoms with van der Waals surface area (Å²) in [5, 5.41) is 2.27. The molecule has 0 aliphatic carbocycles. The van der Waals surface area contributed by atoms with Crippen molar-refractivity contribution >= 4 is 39.8 Å². The molecular formula is C26H32Cl2N3O2+. The van der Waals surface area contributed by atoms with Gasteiger partial charge in [0.25, 0.3) is 0 Å². The molecule has 2 heterocycles. The predicted molar refractivity (Wildman–Crippen MR) is 138 cm³/mol. The first kappa shape index (κ1) is 23.9. The summed E-state index contributed by atoms with van der Waals surface area (Å²) in [6, 6.07) is 15.6. The van der Waals surface area contributed by atoms with Crippen LogP contribution in [0.15, 0.2) is 53.3 Å². The minimum atomic E-state index is -0.0971. The summed E-state index contributed by atoms with van der Waals surface area (Å²) < 4.78 is 7.09. The quantitative estimate of drug-likeness (QED) is 0.324. The van der Waals surface area contributed by atoms with Crippen LogP contribution in [0.4, 0.5) is 5.69 Å². The highest BCUT2D eigenvalue weighted by Crippen LogP contribution is 2.34. The maximum atomic E-state index is 11.5. The molecule has 0 unspecified atom stereocenters. The molecule has 0 bridgehead atoms. The Labute approximate surface area is 205 Å². The van der Waals surface area contributed by atoms with Crippen molar-refractivity contribution in [1.29, 1.82) is 0 Å². The van der Waals surface area contributed by atoms with E-state index in [2.05, 4.69) is 29.8 Å². The van der Waals surface area contributed by atoms with Gasteiger partial charge in [-0.1, -0.05) is 29.3 Å². The molecule has 1 N–H and O–H groups in total. The molecule has 176 valence electrons. The number of nitrogens with one attached hydrogen (secondary N) is 1. The highest BCUT2D eigenvalue weighted by molar-refractivity contribution is 6.43. The van der Waals surface area contributed by atoms with Gasteiger partial charge >= 0.3 is 0 Å². The van der Waals surface area contributed by atoms with Crippen LogP contribution < -0.4 is 15.2 Å². The Morgan fingerprint density at radius 3 is 2.58 bits per heavy atom. The second-order valence-corrected chi connectivity index (χ2v) is 9.96. The molecule has 1 aliphatic rings. The number of hydrogen-bond acceptors (Lipinski definition) is 3. The number of aromatic nitrogens is 1. The third-order valence-corrected chi connectivity index (χ3v) is 7.77. The number of hydrogen-bond donors (Lipinski definition) is 1. The zero-order valence-electron chi connectivity index (χ0n) is 19.3. The van der Waals surface area contributed by atoms with Crippen molar-refractivity contribution in [3.8, 4) is 5.75 Å². The number of quaternary nitrogens is 1. The Morgan fingerprint density at radius 2 is 1.82 bits per heavy atom. The van der Waals surface area contributed by atoms with E-state index in [9.17, 15) is 4.79 Å². The fraction of sp³-hybridized carbons (Fsp3) is 0.423. The first-order valence-corrected chi connectivity index (χ1v) is 12.4. The van der Waals surface area contributed by atoms with Crippen molar-refractivity contribution in [1.82, 2.24) is 4.98 Å². The standard InChI is InChI=1S/C26H31Cl2N3O2/c1-19(2)31(15-12-30(13-16-31)24-7-5-6-22(27)26(24)28)14-3-4-17-33-21-10-8-20-9-11-25(32)29-23(20)18-21/h5-11,18-19H,3-4,12-17H2,1-2H3/p+1. The molecule has 0 amide bonds. The van der Waals surface area contributed by atoms with Crippen molar-refractivity contribution in [3.63, 3.8) is 0 Å². The molecule has 5 nitrogen and oxygen atoms in total. The van der Waals surface area contributed by atoms with E-state index >= 15 is 0 Å². The SMILES string of the molecule is CC(C)[N+]1(CCCCOc2ccc3ccc(=O)[nH]c3c2)CCN(c2cccc(Cl)c2Cl)CC1. The van der Waals surface area contributed by atoms with Gasteiger partial charge in [-0.2, -0.15) is 0 Å². The molecule has 3 aromatic rings. The summed E-state index contributed by atoms with van der Waals surface area (Å²) in [5.41, 5.74) is 1.75. The van der Waals surface area contributed by atoms with E-state index in [0.717, 1.165) is 72.4 Å². The van der Waals surface area contributed by atoms with Gasteiger partial charge in [-0.25, -0.2) is 0 Å². The van der Waals surface area contributed by atoms with Crippen molar-refractivity contribution in [2.75, 3.05) is 44.2 Å². The van der Waals surface area contributed by atoms with Gasteiger partial charge in [-0.3, -0.25) is 4.79 Å². The number of aromatic amines is 1. The summed E-state index contributed by atoms with van der Waals surface area (Å²) in [6.45, 7) is 10.6. The van der Waals surface area contributed by atoms with Gasteiger partial charge in [0, 0.05) is 12.1 Å². The first-order chi connectivity index (χ1) is 15.9. The van der Waals surface area contributed by atoms with E-state index < -0.39 is 0 Å². The molecule has 33 heavy (non-hydrogen) atoms. The number of ether oxygens (including phenoxy) is 1. The van der Waals surface area contributed by atoms with Crippen LogP contribution >= 0.6 is 23.2 Å².